The van der Waals surface area contributed by atoms with E-state index >= 15 is 0 Å². The molecular weight excluding hydrogens is 240 g/mol. The van der Waals surface area contributed by atoms with Crippen LogP contribution in [0, 0.1) is 0 Å². The number of carbonyl (C=O) groups is 2. The van der Waals surface area contributed by atoms with E-state index in [9.17, 15) is 9.59 Å². The quantitative estimate of drug-likeness (QED) is 0.416. The zero-order valence-electron chi connectivity index (χ0n) is 10.4. The van der Waals surface area contributed by atoms with Crippen molar-refractivity contribution in [3.05, 3.63) is 24.8 Å². The fourth-order valence-corrected chi connectivity index (χ4v) is 0.660. The molecule has 6 nitrogen and oxygen atoms in total. The van der Waals surface area contributed by atoms with Crippen LogP contribution in [0.25, 0.3) is 0 Å². The Labute approximate surface area is 106 Å². The van der Waals surface area contributed by atoms with Crippen molar-refractivity contribution in [2.45, 2.75) is 13.0 Å². The number of carbonyl (C=O) groups excluding carboxylic acids is 2. The van der Waals surface area contributed by atoms with Crippen LogP contribution >= 0.6 is 0 Å². The van der Waals surface area contributed by atoms with Gasteiger partial charge in [-0.25, -0.2) is 9.59 Å². The molecule has 0 aromatic heterocycles. The molecule has 0 saturated carbocycles. The number of aliphatic hydroxyl groups excluding tert-OH is 1. The maximum absolute atomic E-state index is 10.5. The molecule has 6 heteroatoms. The van der Waals surface area contributed by atoms with Gasteiger partial charge >= 0.3 is 11.9 Å². The number of esters is 2. The van der Waals surface area contributed by atoms with Gasteiger partial charge in [0.25, 0.3) is 0 Å². The van der Waals surface area contributed by atoms with Gasteiger partial charge in [0.1, 0.15) is 19.3 Å². The highest BCUT2D eigenvalue weighted by Gasteiger charge is 2.23. The Balaban J connectivity index is 0.000000321. The van der Waals surface area contributed by atoms with Crippen molar-refractivity contribution in [2.24, 2.45) is 0 Å². The van der Waals surface area contributed by atoms with Gasteiger partial charge in [-0.15, -0.1) is 0 Å². The van der Waals surface area contributed by atoms with Gasteiger partial charge in [-0.05, 0) is 6.92 Å². The molecule has 1 saturated heterocycles. The SMILES string of the molecule is C=C(C)C(=O)OCCO.C=CC(=O)OCC1CO1. The van der Waals surface area contributed by atoms with Gasteiger partial charge in [0, 0.05) is 11.6 Å². The summed E-state index contributed by atoms with van der Waals surface area (Å²) in [6, 6.07) is 0. The fraction of sp³-hybridized carbons (Fsp3) is 0.500. The molecule has 1 unspecified atom stereocenters. The summed E-state index contributed by atoms with van der Waals surface area (Å²) in [6.07, 6.45) is 1.29. The predicted octanol–water partition coefficient (Wildman–Crippen LogP) is 0.212. The highest BCUT2D eigenvalue weighted by Crippen LogP contribution is 2.08. The molecule has 0 aromatic carbocycles. The predicted molar refractivity (Wildman–Crippen MR) is 63.8 cm³/mol. The first-order chi connectivity index (χ1) is 8.51. The van der Waals surface area contributed by atoms with E-state index in [1.807, 2.05) is 0 Å². The number of epoxide rings is 1. The number of hydrogen-bond donors (Lipinski definition) is 1. The first kappa shape index (κ1) is 16.3. The van der Waals surface area contributed by atoms with Crippen LogP contribution in [0.4, 0.5) is 0 Å². The van der Waals surface area contributed by atoms with Crippen LogP contribution in [-0.2, 0) is 23.8 Å². The Kier molecular flexibility index (Phi) is 8.51. The van der Waals surface area contributed by atoms with Crippen LogP contribution in [0.5, 0.6) is 0 Å². The average molecular weight is 258 g/mol. The van der Waals surface area contributed by atoms with E-state index in [2.05, 4.69) is 22.6 Å². The van der Waals surface area contributed by atoms with Gasteiger partial charge in [-0.1, -0.05) is 13.2 Å². The Bertz CT molecular complexity index is 306. The highest BCUT2D eigenvalue weighted by atomic mass is 16.6. The van der Waals surface area contributed by atoms with E-state index in [1.54, 1.807) is 6.92 Å². The van der Waals surface area contributed by atoms with E-state index < -0.39 is 5.97 Å². The molecule has 1 aliphatic heterocycles. The van der Waals surface area contributed by atoms with Gasteiger partial charge in [0.05, 0.1) is 13.2 Å². The van der Waals surface area contributed by atoms with E-state index in [1.165, 1.54) is 0 Å². The summed E-state index contributed by atoms with van der Waals surface area (Å²) in [6.45, 7) is 9.14. The normalized spacial score (nSPS) is 15.8. The lowest BCUT2D eigenvalue weighted by Gasteiger charge is -1.99. The average Bonchev–Trinajstić information content (AvgIpc) is 3.17. The van der Waals surface area contributed by atoms with E-state index in [0.29, 0.717) is 18.8 Å². The summed E-state index contributed by atoms with van der Waals surface area (Å²) in [5.41, 5.74) is 0.350. The molecule has 1 N–H and O–H groups in total. The van der Waals surface area contributed by atoms with Crippen molar-refractivity contribution in [1.29, 1.82) is 0 Å². The standard InChI is InChI=1S/C6H8O3.C6H10O3/c1-2-6(7)9-4-5-3-8-5;1-5(2)6(8)9-4-3-7/h2,5H,1,3-4H2;7H,1,3-4H2,2H3. The number of hydrogen-bond acceptors (Lipinski definition) is 6. The van der Waals surface area contributed by atoms with Crippen LogP contribution in [0.3, 0.4) is 0 Å². The Hall–Kier alpha value is -1.66. The van der Waals surface area contributed by atoms with Crippen molar-refractivity contribution in [3.63, 3.8) is 0 Å². The molecular formula is C12H18O6. The molecule has 1 fully saturated rings. The minimum atomic E-state index is -0.455. The molecule has 0 radical (unpaired) electrons. The molecule has 0 bridgehead atoms. The van der Waals surface area contributed by atoms with Gasteiger partial charge in [-0.3, -0.25) is 0 Å². The third-order valence-corrected chi connectivity index (χ3v) is 1.65. The molecule has 0 spiro atoms. The maximum atomic E-state index is 10.5. The summed E-state index contributed by atoms with van der Waals surface area (Å²) in [4.78, 5) is 20.8. The van der Waals surface area contributed by atoms with Crippen molar-refractivity contribution in [3.8, 4) is 0 Å². The number of aliphatic hydroxyl groups is 1. The summed E-state index contributed by atoms with van der Waals surface area (Å²) in [5, 5.41) is 8.19. The molecule has 18 heavy (non-hydrogen) atoms. The summed E-state index contributed by atoms with van der Waals surface area (Å²) < 4.78 is 13.9. The van der Waals surface area contributed by atoms with Crippen molar-refractivity contribution in [2.75, 3.05) is 26.4 Å². The zero-order chi connectivity index (χ0) is 14.0. The van der Waals surface area contributed by atoms with Crippen molar-refractivity contribution < 1.29 is 28.9 Å². The molecule has 102 valence electrons. The third-order valence-electron chi connectivity index (χ3n) is 1.65. The molecule has 1 aliphatic rings. The molecule has 1 heterocycles. The second-order valence-electron chi connectivity index (χ2n) is 3.43. The van der Waals surface area contributed by atoms with Crippen molar-refractivity contribution in [1.82, 2.24) is 0 Å². The molecule has 1 atom stereocenters. The largest absolute Gasteiger partial charge is 0.460 e. The Morgan fingerprint density at radius 2 is 2.11 bits per heavy atom. The van der Waals surface area contributed by atoms with Crippen LogP contribution in [0.1, 0.15) is 6.92 Å². The monoisotopic (exact) mass is 258 g/mol. The maximum Gasteiger partial charge on any atom is 0.333 e. The lowest BCUT2D eigenvalue weighted by Crippen LogP contribution is -2.08. The lowest BCUT2D eigenvalue weighted by molar-refractivity contribution is -0.140. The van der Waals surface area contributed by atoms with Crippen LogP contribution in [0.2, 0.25) is 0 Å². The second-order valence-corrected chi connectivity index (χ2v) is 3.43. The Morgan fingerprint density at radius 3 is 2.50 bits per heavy atom. The third kappa shape index (κ3) is 9.56. The minimum absolute atomic E-state index is 0.0473. The molecule has 0 aliphatic carbocycles. The van der Waals surface area contributed by atoms with E-state index in [4.69, 9.17) is 9.84 Å². The molecule has 0 aromatic rings. The second kappa shape index (κ2) is 9.38. The molecule has 1 rings (SSSR count). The van der Waals surface area contributed by atoms with Gasteiger partial charge in [0.15, 0.2) is 0 Å². The van der Waals surface area contributed by atoms with E-state index in [-0.39, 0.29) is 25.3 Å². The van der Waals surface area contributed by atoms with Gasteiger partial charge < -0.3 is 19.3 Å². The van der Waals surface area contributed by atoms with Crippen molar-refractivity contribution >= 4 is 11.9 Å². The topological polar surface area (TPSA) is 85.4 Å². The smallest absolute Gasteiger partial charge is 0.333 e. The fourth-order valence-electron chi connectivity index (χ4n) is 0.660. The van der Waals surface area contributed by atoms with Gasteiger partial charge in [-0.2, -0.15) is 0 Å². The molecule has 0 amide bonds. The summed E-state index contributed by atoms with van der Waals surface area (Å²) >= 11 is 0. The van der Waals surface area contributed by atoms with Crippen LogP contribution < -0.4 is 0 Å². The number of ether oxygens (including phenoxy) is 3. The summed E-state index contributed by atoms with van der Waals surface area (Å²) in [7, 11) is 0. The van der Waals surface area contributed by atoms with Crippen LogP contribution in [0.15, 0.2) is 24.8 Å². The Morgan fingerprint density at radius 1 is 1.50 bits per heavy atom. The van der Waals surface area contributed by atoms with Crippen LogP contribution in [-0.4, -0.2) is 49.6 Å². The highest BCUT2D eigenvalue weighted by molar-refractivity contribution is 5.86. The summed E-state index contributed by atoms with van der Waals surface area (Å²) in [5.74, 6) is -0.838. The zero-order valence-corrected chi connectivity index (χ0v) is 10.4. The lowest BCUT2D eigenvalue weighted by atomic mass is 10.4. The minimum Gasteiger partial charge on any atom is -0.460 e. The van der Waals surface area contributed by atoms with Gasteiger partial charge in [0.2, 0.25) is 0 Å². The first-order valence-corrected chi connectivity index (χ1v) is 5.35. The number of rotatable bonds is 6. The first-order valence-electron chi connectivity index (χ1n) is 5.35. The van der Waals surface area contributed by atoms with E-state index in [0.717, 1.165) is 6.08 Å².